The maximum absolute atomic E-state index is 13.4. The summed E-state index contributed by atoms with van der Waals surface area (Å²) in [6, 6.07) is 17.6. The molecule has 3 aromatic carbocycles. The molecule has 2 N–H and O–H groups in total. The first-order valence-corrected chi connectivity index (χ1v) is 15.3. The van der Waals surface area contributed by atoms with Gasteiger partial charge in [-0.05, 0) is 89.8 Å². The average Bonchev–Trinajstić information content (AvgIpc) is 2.92. The van der Waals surface area contributed by atoms with E-state index in [0.717, 1.165) is 18.4 Å². The van der Waals surface area contributed by atoms with Crippen LogP contribution in [0.25, 0.3) is 0 Å². The largest absolute Gasteiger partial charge is 0.497 e. The van der Waals surface area contributed by atoms with Crippen LogP contribution in [0.15, 0.2) is 60.7 Å². The van der Waals surface area contributed by atoms with E-state index in [2.05, 4.69) is 64.3 Å². The Morgan fingerprint density at radius 3 is 2.09 bits per heavy atom. The van der Waals surface area contributed by atoms with Crippen LogP contribution in [0, 0.1) is 10.8 Å². The van der Waals surface area contributed by atoms with E-state index in [9.17, 15) is 14.4 Å². The van der Waals surface area contributed by atoms with Gasteiger partial charge in [-0.3, -0.25) is 14.4 Å². The Hall–Kier alpha value is -3.84. The first-order chi connectivity index (χ1) is 20.6. The van der Waals surface area contributed by atoms with E-state index in [0.29, 0.717) is 29.2 Å². The molecule has 3 aromatic rings. The molecule has 0 saturated heterocycles. The summed E-state index contributed by atoms with van der Waals surface area (Å²) in [7, 11) is 1.54. The van der Waals surface area contributed by atoms with E-state index < -0.39 is 12.0 Å². The molecule has 8 heteroatoms. The summed E-state index contributed by atoms with van der Waals surface area (Å²) in [5.41, 5.74) is 3.62. The van der Waals surface area contributed by atoms with Gasteiger partial charge in [0.1, 0.15) is 11.5 Å². The Kier molecular flexibility index (Phi) is 11.6. The Bertz CT molecular complexity index is 1470. The fourth-order valence-corrected chi connectivity index (χ4v) is 4.96. The summed E-state index contributed by atoms with van der Waals surface area (Å²) in [5.74, 6) is 0.136. The van der Waals surface area contributed by atoms with Crippen LogP contribution >= 0.6 is 11.6 Å². The molecular formula is C36H45ClN2O5. The van der Waals surface area contributed by atoms with E-state index in [1.54, 1.807) is 42.5 Å². The predicted molar refractivity (Wildman–Crippen MR) is 178 cm³/mol. The van der Waals surface area contributed by atoms with Crippen LogP contribution in [0.5, 0.6) is 11.5 Å². The summed E-state index contributed by atoms with van der Waals surface area (Å²) in [5, 5.41) is 5.85. The van der Waals surface area contributed by atoms with Gasteiger partial charge in [0, 0.05) is 11.3 Å². The third-order valence-electron chi connectivity index (χ3n) is 6.75. The number of Topliss-reactive ketones (excluding diaryl/α,β-unsaturated/α-hetero) is 1. The molecule has 2 amide bonds. The fourth-order valence-electron chi connectivity index (χ4n) is 4.80. The lowest BCUT2D eigenvalue weighted by molar-refractivity contribution is -0.122. The van der Waals surface area contributed by atoms with E-state index >= 15 is 0 Å². The second-order valence-electron chi connectivity index (χ2n) is 13.5. The molecule has 0 radical (unpaired) electrons. The Morgan fingerprint density at radius 1 is 0.841 bits per heavy atom. The summed E-state index contributed by atoms with van der Waals surface area (Å²) in [6.45, 7) is 15.1. The molecular weight excluding hydrogens is 576 g/mol. The highest BCUT2D eigenvalue weighted by atomic mass is 35.5. The molecule has 236 valence electrons. The summed E-state index contributed by atoms with van der Waals surface area (Å²) >= 11 is 6.33. The maximum atomic E-state index is 13.4. The van der Waals surface area contributed by atoms with Gasteiger partial charge in [-0.15, -0.1) is 0 Å². The predicted octanol–water partition coefficient (Wildman–Crippen LogP) is 8.53. The number of rotatable bonds is 12. The number of nitrogens with one attached hydrogen (secondary N) is 2. The van der Waals surface area contributed by atoms with Crippen molar-refractivity contribution in [3.63, 3.8) is 0 Å². The summed E-state index contributed by atoms with van der Waals surface area (Å²) in [4.78, 5) is 38.6. The smallest absolute Gasteiger partial charge is 0.265 e. The third-order valence-corrected chi connectivity index (χ3v) is 7.08. The molecule has 7 nitrogen and oxygen atoms in total. The van der Waals surface area contributed by atoms with Crippen molar-refractivity contribution in [3.8, 4) is 11.5 Å². The minimum Gasteiger partial charge on any atom is -0.497 e. The monoisotopic (exact) mass is 620 g/mol. The van der Waals surface area contributed by atoms with Gasteiger partial charge in [-0.1, -0.05) is 72.2 Å². The molecule has 44 heavy (non-hydrogen) atoms. The van der Waals surface area contributed by atoms with Crippen molar-refractivity contribution in [2.75, 3.05) is 17.7 Å². The van der Waals surface area contributed by atoms with Gasteiger partial charge in [0.15, 0.2) is 11.9 Å². The van der Waals surface area contributed by atoms with Gasteiger partial charge in [0.2, 0.25) is 5.91 Å². The number of ketones is 1. The molecule has 3 rings (SSSR count). The van der Waals surface area contributed by atoms with Crippen LogP contribution in [-0.2, 0) is 22.4 Å². The highest BCUT2D eigenvalue weighted by Crippen LogP contribution is 2.32. The Morgan fingerprint density at radius 2 is 1.50 bits per heavy atom. The zero-order valence-electron chi connectivity index (χ0n) is 27.1. The van der Waals surface area contributed by atoms with E-state index in [4.69, 9.17) is 21.1 Å². The molecule has 0 spiro atoms. The second-order valence-corrected chi connectivity index (χ2v) is 13.9. The van der Waals surface area contributed by atoms with Crippen LogP contribution in [0.1, 0.15) is 82.8 Å². The number of halogens is 1. The molecule has 0 aliphatic carbocycles. The second kappa shape index (κ2) is 14.8. The number of hydrogen-bond donors (Lipinski definition) is 2. The lowest BCUT2D eigenvalue weighted by Crippen LogP contribution is -2.33. The lowest BCUT2D eigenvalue weighted by atomic mass is 9.84. The van der Waals surface area contributed by atoms with E-state index in [1.165, 1.54) is 12.7 Å². The highest BCUT2D eigenvalue weighted by Gasteiger charge is 2.23. The quantitative estimate of drug-likeness (QED) is 0.156. The topological polar surface area (TPSA) is 93.7 Å². The van der Waals surface area contributed by atoms with Crippen molar-refractivity contribution < 1.29 is 23.9 Å². The van der Waals surface area contributed by atoms with Gasteiger partial charge < -0.3 is 20.1 Å². The molecule has 0 fully saturated rings. The first-order valence-electron chi connectivity index (χ1n) is 14.9. The number of anilines is 2. The van der Waals surface area contributed by atoms with Crippen molar-refractivity contribution in [2.24, 2.45) is 10.8 Å². The third kappa shape index (κ3) is 10.7. The fraction of sp³-hybridized carbons (Fsp3) is 0.417. The molecule has 1 unspecified atom stereocenters. The number of ether oxygens (including phenoxy) is 2. The molecule has 0 heterocycles. The van der Waals surface area contributed by atoms with Crippen molar-refractivity contribution in [3.05, 3.63) is 82.4 Å². The minimum atomic E-state index is -0.738. The lowest BCUT2D eigenvalue weighted by Gasteiger charge is -2.25. The normalized spacial score (nSPS) is 12.3. The number of carbonyl (C=O) groups is 3. The Balaban J connectivity index is 1.71. The number of methoxy groups -OCH3 is 1. The van der Waals surface area contributed by atoms with Crippen LogP contribution in [0.4, 0.5) is 11.4 Å². The average molecular weight is 621 g/mol. The van der Waals surface area contributed by atoms with Gasteiger partial charge in [0.05, 0.1) is 24.2 Å². The highest BCUT2D eigenvalue weighted by molar-refractivity contribution is 6.34. The zero-order valence-corrected chi connectivity index (χ0v) is 27.9. The van der Waals surface area contributed by atoms with Crippen molar-refractivity contribution in [1.29, 1.82) is 0 Å². The van der Waals surface area contributed by atoms with Gasteiger partial charge >= 0.3 is 0 Å². The van der Waals surface area contributed by atoms with Crippen molar-refractivity contribution in [2.45, 2.75) is 80.3 Å². The first kappa shape index (κ1) is 34.6. The molecule has 0 bridgehead atoms. The number of carbonyl (C=O) groups excluding carboxylic acids is 3. The molecule has 0 aromatic heterocycles. The van der Waals surface area contributed by atoms with Gasteiger partial charge in [-0.25, -0.2) is 0 Å². The Labute approximate surface area is 266 Å². The molecule has 0 saturated carbocycles. The SMILES string of the molecule is CCC(Oc1ccc(CC(C)(C)C)cc1CC(C)(C)C)C(=O)Nc1ccc(Cl)c(NC(=O)CC(=O)c2ccc(OC)cc2)c1. The van der Waals surface area contributed by atoms with E-state index in [-0.39, 0.29) is 39.7 Å². The number of hydrogen-bond acceptors (Lipinski definition) is 5. The van der Waals surface area contributed by atoms with Gasteiger partial charge in [0.25, 0.3) is 5.91 Å². The van der Waals surface area contributed by atoms with Gasteiger partial charge in [-0.2, -0.15) is 0 Å². The van der Waals surface area contributed by atoms with Crippen molar-refractivity contribution in [1.82, 2.24) is 0 Å². The van der Waals surface area contributed by atoms with Crippen molar-refractivity contribution >= 4 is 40.6 Å². The minimum absolute atomic E-state index is 0.0336. The molecule has 1 atom stereocenters. The van der Waals surface area contributed by atoms with Crippen LogP contribution in [0.3, 0.4) is 0 Å². The van der Waals surface area contributed by atoms with E-state index in [1.807, 2.05) is 13.0 Å². The van der Waals surface area contributed by atoms with Crippen LogP contribution < -0.4 is 20.1 Å². The standard InChI is InChI=1S/C36H45ClN2O5/c1-9-31(44-32-17-10-23(21-35(2,3)4)18-25(32)22-36(5,6)7)34(42)38-26-13-16-28(37)29(19-26)39-33(41)20-30(40)24-11-14-27(43-8)15-12-24/h10-19,31H,9,20-22H2,1-8H3,(H,38,42)(H,39,41). The zero-order chi connectivity index (χ0) is 32.7. The van der Waals surface area contributed by atoms with Crippen LogP contribution in [-0.4, -0.2) is 30.8 Å². The van der Waals surface area contributed by atoms with Crippen LogP contribution in [0.2, 0.25) is 5.02 Å². The number of amides is 2. The summed E-state index contributed by atoms with van der Waals surface area (Å²) in [6.07, 6.45) is 1.09. The summed E-state index contributed by atoms with van der Waals surface area (Å²) < 4.78 is 11.4. The molecule has 0 aliphatic heterocycles. The maximum Gasteiger partial charge on any atom is 0.265 e. The number of benzene rings is 3. The molecule has 0 aliphatic rings.